The predicted molar refractivity (Wildman–Crippen MR) is 114 cm³/mol. The lowest BCUT2D eigenvalue weighted by Crippen LogP contribution is -2.28. The maximum absolute atomic E-state index is 12.5. The molecule has 4 aromatic rings. The van der Waals surface area contributed by atoms with Crippen molar-refractivity contribution in [2.45, 2.75) is 6.92 Å². The average molecular weight is 404 g/mol. The first kappa shape index (κ1) is 18.8. The van der Waals surface area contributed by atoms with Crippen LogP contribution in [-0.4, -0.2) is 38.5 Å². The molecular formula is C21H20N6OS. The van der Waals surface area contributed by atoms with E-state index in [1.165, 1.54) is 17.7 Å². The quantitative estimate of drug-likeness (QED) is 0.460. The van der Waals surface area contributed by atoms with Gasteiger partial charge in [0.15, 0.2) is 0 Å². The number of carbonyl (C=O) groups excluding carboxylic acids is 1. The molecule has 0 spiro atoms. The molecule has 146 valence electrons. The monoisotopic (exact) mass is 404 g/mol. The summed E-state index contributed by atoms with van der Waals surface area (Å²) < 4.78 is 1.91. The maximum Gasteiger partial charge on any atom is 0.263 e. The highest BCUT2D eigenvalue weighted by Gasteiger charge is 2.15. The summed E-state index contributed by atoms with van der Waals surface area (Å²) in [6, 6.07) is 15.6. The van der Waals surface area contributed by atoms with E-state index >= 15 is 0 Å². The van der Waals surface area contributed by atoms with Crippen molar-refractivity contribution in [3.05, 3.63) is 77.8 Å². The first-order valence-corrected chi connectivity index (χ1v) is 10.0. The van der Waals surface area contributed by atoms with Crippen LogP contribution >= 0.6 is 11.3 Å². The highest BCUT2D eigenvalue weighted by Crippen LogP contribution is 2.27. The number of aryl methyl sites for hydroxylation is 1. The number of hydrogen-bond donors (Lipinski definition) is 2. The van der Waals surface area contributed by atoms with Gasteiger partial charge in [-0.05, 0) is 19.1 Å². The molecule has 0 aliphatic rings. The van der Waals surface area contributed by atoms with Crippen LogP contribution < -0.4 is 10.6 Å². The van der Waals surface area contributed by atoms with Gasteiger partial charge in [0.2, 0.25) is 0 Å². The van der Waals surface area contributed by atoms with Gasteiger partial charge < -0.3 is 15.2 Å². The lowest BCUT2D eigenvalue weighted by atomic mass is 10.2. The summed E-state index contributed by atoms with van der Waals surface area (Å²) in [6.07, 6.45) is 5.36. The zero-order valence-corrected chi connectivity index (χ0v) is 16.7. The Bertz CT molecular complexity index is 1090. The minimum atomic E-state index is -0.111. The minimum absolute atomic E-state index is 0.111. The Balaban J connectivity index is 1.32. The second kappa shape index (κ2) is 8.66. The zero-order chi connectivity index (χ0) is 20.1. The van der Waals surface area contributed by atoms with Crippen LogP contribution in [0.15, 0.2) is 67.3 Å². The standard InChI is InChI=1S/C21H20N6OS/c1-15-19(29-21(26-15)16-7-3-2-4-8-16)20(28)23-10-9-22-17-13-18(25-14-24-17)27-11-5-6-12-27/h2-8,11-14H,9-10H2,1H3,(H,23,28)(H,22,24,25). The topological polar surface area (TPSA) is 84.7 Å². The van der Waals surface area contributed by atoms with Crippen LogP contribution in [0.25, 0.3) is 16.4 Å². The van der Waals surface area contributed by atoms with Crippen molar-refractivity contribution in [1.29, 1.82) is 0 Å². The van der Waals surface area contributed by atoms with Gasteiger partial charge in [-0.15, -0.1) is 11.3 Å². The molecule has 3 heterocycles. The van der Waals surface area contributed by atoms with E-state index in [1.807, 2.05) is 72.4 Å². The third kappa shape index (κ3) is 4.49. The number of carbonyl (C=O) groups is 1. The van der Waals surface area contributed by atoms with Gasteiger partial charge in [-0.2, -0.15) is 0 Å². The molecule has 8 heteroatoms. The molecule has 0 atom stereocenters. The predicted octanol–water partition coefficient (Wildman–Crippen LogP) is 3.54. The van der Waals surface area contributed by atoms with Gasteiger partial charge in [0.1, 0.15) is 27.8 Å². The zero-order valence-electron chi connectivity index (χ0n) is 15.9. The fourth-order valence-electron chi connectivity index (χ4n) is 2.83. The molecule has 1 aromatic carbocycles. The molecule has 0 aliphatic carbocycles. The second-order valence-electron chi connectivity index (χ2n) is 6.33. The summed E-state index contributed by atoms with van der Waals surface area (Å²) in [5.74, 6) is 1.38. The first-order valence-electron chi connectivity index (χ1n) is 9.21. The summed E-state index contributed by atoms with van der Waals surface area (Å²) in [7, 11) is 0. The van der Waals surface area contributed by atoms with E-state index in [0.717, 1.165) is 22.1 Å². The van der Waals surface area contributed by atoms with Crippen LogP contribution in [0.4, 0.5) is 5.82 Å². The molecule has 0 aliphatic heterocycles. The molecule has 7 nitrogen and oxygen atoms in total. The highest BCUT2D eigenvalue weighted by molar-refractivity contribution is 7.17. The van der Waals surface area contributed by atoms with Crippen LogP contribution in [0.2, 0.25) is 0 Å². The smallest absolute Gasteiger partial charge is 0.263 e. The molecule has 0 radical (unpaired) electrons. The summed E-state index contributed by atoms with van der Waals surface area (Å²) in [5.41, 5.74) is 1.76. The summed E-state index contributed by atoms with van der Waals surface area (Å²) >= 11 is 1.41. The molecule has 0 saturated carbocycles. The van der Waals surface area contributed by atoms with Crippen molar-refractivity contribution in [1.82, 2.24) is 24.8 Å². The minimum Gasteiger partial charge on any atom is -0.368 e. The number of rotatable bonds is 7. The van der Waals surface area contributed by atoms with Crippen LogP contribution in [0.5, 0.6) is 0 Å². The fraction of sp³-hybridized carbons (Fsp3) is 0.143. The third-order valence-electron chi connectivity index (χ3n) is 4.26. The number of nitrogens with zero attached hydrogens (tertiary/aromatic N) is 4. The van der Waals surface area contributed by atoms with Gasteiger partial charge in [-0.25, -0.2) is 15.0 Å². The molecule has 0 fully saturated rings. The normalized spacial score (nSPS) is 10.7. The number of hydrogen-bond acceptors (Lipinski definition) is 6. The summed E-state index contributed by atoms with van der Waals surface area (Å²) in [5, 5.41) is 7.00. The Hall–Kier alpha value is -3.52. The fourth-order valence-corrected chi connectivity index (χ4v) is 3.82. The molecular weight excluding hydrogens is 384 g/mol. The van der Waals surface area contributed by atoms with Crippen molar-refractivity contribution in [2.75, 3.05) is 18.4 Å². The Kier molecular flexibility index (Phi) is 5.62. The summed E-state index contributed by atoms with van der Waals surface area (Å²) in [4.78, 5) is 26.2. The van der Waals surface area contributed by atoms with Crippen molar-refractivity contribution < 1.29 is 4.79 Å². The van der Waals surface area contributed by atoms with Gasteiger partial charge >= 0.3 is 0 Å². The number of aromatic nitrogens is 4. The molecule has 29 heavy (non-hydrogen) atoms. The summed E-state index contributed by atoms with van der Waals surface area (Å²) in [6.45, 7) is 2.89. The number of anilines is 1. The van der Waals surface area contributed by atoms with Crippen molar-refractivity contribution in [2.24, 2.45) is 0 Å². The van der Waals surface area contributed by atoms with Crippen molar-refractivity contribution in [3.8, 4) is 16.4 Å². The van der Waals surface area contributed by atoms with Gasteiger partial charge in [0, 0.05) is 37.1 Å². The Labute approximate surface area is 172 Å². The van der Waals surface area contributed by atoms with Gasteiger partial charge in [-0.1, -0.05) is 30.3 Å². The Morgan fingerprint density at radius 1 is 1.07 bits per heavy atom. The molecule has 0 bridgehead atoms. The molecule has 3 aromatic heterocycles. The molecule has 4 rings (SSSR count). The number of amides is 1. The second-order valence-corrected chi connectivity index (χ2v) is 7.33. The van der Waals surface area contributed by atoms with Crippen LogP contribution in [0, 0.1) is 6.92 Å². The van der Waals surface area contributed by atoms with Crippen molar-refractivity contribution in [3.63, 3.8) is 0 Å². The SMILES string of the molecule is Cc1nc(-c2ccccc2)sc1C(=O)NCCNc1cc(-n2cccc2)ncn1. The van der Waals surface area contributed by atoms with E-state index in [1.54, 1.807) is 0 Å². The average Bonchev–Trinajstić information content (AvgIpc) is 3.42. The van der Waals surface area contributed by atoms with E-state index in [2.05, 4.69) is 25.6 Å². The highest BCUT2D eigenvalue weighted by atomic mass is 32.1. The van der Waals surface area contributed by atoms with E-state index in [4.69, 9.17) is 0 Å². The number of thiazole rings is 1. The molecule has 0 unspecified atom stereocenters. The Morgan fingerprint density at radius 2 is 1.86 bits per heavy atom. The van der Waals surface area contributed by atoms with Crippen LogP contribution in [0.1, 0.15) is 15.4 Å². The van der Waals surface area contributed by atoms with Gasteiger partial charge in [-0.3, -0.25) is 4.79 Å². The lowest BCUT2D eigenvalue weighted by molar-refractivity contribution is 0.0958. The Morgan fingerprint density at radius 3 is 2.66 bits per heavy atom. The number of nitrogens with one attached hydrogen (secondary N) is 2. The lowest BCUT2D eigenvalue weighted by Gasteiger charge is -2.08. The van der Waals surface area contributed by atoms with Crippen LogP contribution in [0.3, 0.4) is 0 Å². The maximum atomic E-state index is 12.5. The molecule has 1 amide bonds. The van der Waals surface area contributed by atoms with Crippen molar-refractivity contribution >= 4 is 23.1 Å². The largest absolute Gasteiger partial charge is 0.368 e. The van der Waals surface area contributed by atoms with E-state index in [9.17, 15) is 4.79 Å². The first-order chi connectivity index (χ1) is 14.2. The number of benzene rings is 1. The van der Waals surface area contributed by atoms with Crippen LogP contribution in [-0.2, 0) is 0 Å². The van der Waals surface area contributed by atoms with Gasteiger partial charge in [0.05, 0.1) is 5.69 Å². The molecule has 2 N–H and O–H groups in total. The van der Waals surface area contributed by atoms with E-state index < -0.39 is 0 Å². The van der Waals surface area contributed by atoms with Gasteiger partial charge in [0.25, 0.3) is 5.91 Å². The molecule has 0 saturated heterocycles. The van der Waals surface area contributed by atoms with E-state index in [0.29, 0.717) is 23.8 Å². The third-order valence-corrected chi connectivity index (χ3v) is 5.47. The van der Waals surface area contributed by atoms with E-state index in [-0.39, 0.29) is 5.91 Å².